The van der Waals surface area contributed by atoms with Crippen molar-refractivity contribution in [1.29, 1.82) is 0 Å². The zero-order valence-electron chi connectivity index (χ0n) is 17.0. The predicted molar refractivity (Wildman–Crippen MR) is 108 cm³/mol. The fourth-order valence-electron chi connectivity index (χ4n) is 6.61. The molecule has 0 heterocycles. The molecule has 0 saturated heterocycles. The van der Waals surface area contributed by atoms with Gasteiger partial charge in [0.1, 0.15) is 0 Å². The van der Waals surface area contributed by atoms with Crippen LogP contribution in [-0.2, 0) is 12.8 Å². The van der Waals surface area contributed by atoms with Crippen molar-refractivity contribution in [3.05, 3.63) is 34.9 Å². The summed E-state index contributed by atoms with van der Waals surface area (Å²) in [6, 6.07) is 3.17. The maximum absolute atomic E-state index is 14.0. The number of hydrogen-bond acceptors (Lipinski definition) is 0. The highest BCUT2D eigenvalue weighted by Gasteiger charge is 2.38. The van der Waals surface area contributed by atoms with Gasteiger partial charge in [-0.1, -0.05) is 45.1 Å². The van der Waals surface area contributed by atoms with Gasteiger partial charge < -0.3 is 0 Å². The monoisotopic (exact) mass is 374 g/mol. The molecule has 2 heteroatoms. The minimum absolute atomic E-state index is 0.587. The van der Waals surface area contributed by atoms with Crippen molar-refractivity contribution in [3.8, 4) is 0 Å². The topological polar surface area (TPSA) is 0 Å². The van der Waals surface area contributed by atoms with Gasteiger partial charge in [-0.3, -0.25) is 0 Å². The Morgan fingerprint density at radius 3 is 2.41 bits per heavy atom. The van der Waals surface area contributed by atoms with Crippen LogP contribution in [0.3, 0.4) is 0 Å². The molecule has 1 aromatic rings. The van der Waals surface area contributed by atoms with E-state index in [1.165, 1.54) is 70.3 Å². The standard InChI is InChI=1S/C25H36F2/c1-2-3-4-5-17-6-7-19-15-20(9-8-18(19)14-17)21-10-12-23-22(16-21)11-13-24(26)25(23)27/h11,13,17-21H,2-10,12,14-16H2,1H3. The van der Waals surface area contributed by atoms with Gasteiger partial charge in [-0.25, -0.2) is 8.78 Å². The molecule has 3 aliphatic carbocycles. The molecule has 2 fully saturated rings. The van der Waals surface area contributed by atoms with E-state index in [9.17, 15) is 8.78 Å². The lowest BCUT2D eigenvalue weighted by molar-refractivity contribution is 0.0688. The van der Waals surface area contributed by atoms with Crippen LogP contribution >= 0.6 is 0 Å². The lowest BCUT2D eigenvalue weighted by Crippen LogP contribution is -2.35. The summed E-state index contributed by atoms with van der Waals surface area (Å²) in [6.07, 6.45) is 16.9. The lowest BCUT2D eigenvalue weighted by atomic mass is 9.61. The quantitative estimate of drug-likeness (QED) is 0.469. The van der Waals surface area contributed by atoms with E-state index >= 15 is 0 Å². The Kier molecular flexibility index (Phi) is 6.19. The zero-order chi connectivity index (χ0) is 18.8. The van der Waals surface area contributed by atoms with E-state index in [1.807, 2.05) is 6.07 Å². The van der Waals surface area contributed by atoms with Gasteiger partial charge in [-0.05, 0) is 98.1 Å². The normalized spacial score (nSPS) is 33.4. The van der Waals surface area contributed by atoms with E-state index in [-0.39, 0.29) is 0 Å². The summed E-state index contributed by atoms with van der Waals surface area (Å²) < 4.78 is 27.5. The Morgan fingerprint density at radius 1 is 0.852 bits per heavy atom. The van der Waals surface area contributed by atoms with Gasteiger partial charge in [0.2, 0.25) is 0 Å². The van der Waals surface area contributed by atoms with Crippen LogP contribution in [0.4, 0.5) is 8.78 Å². The second-order valence-electron chi connectivity index (χ2n) is 9.77. The van der Waals surface area contributed by atoms with Crippen molar-refractivity contribution < 1.29 is 8.78 Å². The maximum atomic E-state index is 14.0. The number of rotatable bonds is 5. The number of halogens is 2. The Hall–Kier alpha value is -0.920. The van der Waals surface area contributed by atoms with Crippen molar-refractivity contribution in [1.82, 2.24) is 0 Å². The Labute approximate surface area is 164 Å². The summed E-state index contributed by atoms with van der Waals surface area (Å²) in [4.78, 5) is 0. The third-order valence-electron chi connectivity index (χ3n) is 8.19. The van der Waals surface area contributed by atoms with Crippen molar-refractivity contribution in [2.75, 3.05) is 0 Å². The summed E-state index contributed by atoms with van der Waals surface area (Å²) in [5, 5.41) is 0. The molecule has 2 saturated carbocycles. The van der Waals surface area contributed by atoms with Crippen molar-refractivity contribution in [2.45, 2.75) is 90.4 Å². The fourth-order valence-corrected chi connectivity index (χ4v) is 6.61. The van der Waals surface area contributed by atoms with Crippen LogP contribution in [0.2, 0.25) is 0 Å². The summed E-state index contributed by atoms with van der Waals surface area (Å²) >= 11 is 0. The summed E-state index contributed by atoms with van der Waals surface area (Å²) in [7, 11) is 0. The van der Waals surface area contributed by atoms with Gasteiger partial charge in [0.25, 0.3) is 0 Å². The van der Waals surface area contributed by atoms with E-state index in [2.05, 4.69) is 6.92 Å². The van der Waals surface area contributed by atoms with Crippen LogP contribution in [0.1, 0.15) is 88.7 Å². The number of unbranched alkanes of at least 4 members (excludes halogenated alkanes) is 2. The molecule has 150 valence electrons. The molecule has 0 amide bonds. The molecular formula is C25H36F2. The summed E-state index contributed by atoms with van der Waals surface area (Å²) in [5.74, 6) is 3.14. The van der Waals surface area contributed by atoms with Gasteiger partial charge in [-0.2, -0.15) is 0 Å². The smallest absolute Gasteiger partial charge is 0.162 e. The van der Waals surface area contributed by atoms with E-state index in [0.29, 0.717) is 11.5 Å². The first kappa shape index (κ1) is 19.4. The van der Waals surface area contributed by atoms with Gasteiger partial charge >= 0.3 is 0 Å². The zero-order valence-corrected chi connectivity index (χ0v) is 17.0. The van der Waals surface area contributed by atoms with Crippen molar-refractivity contribution in [2.24, 2.45) is 29.6 Å². The maximum Gasteiger partial charge on any atom is 0.162 e. The molecule has 5 unspecified atom stereocenters. The molecule has 5 atom stereocenters. The molecule has 0 nitrogen and oxygen atoms in total. The predicted octanol–water partition coefficient (Wildman–Crippen LogP) is 7.48. The molecule has 0 radical (unpaired) electrons. The molecule has 0 aromatic heterocycles. The second-order valence-corrected chi connectivity index (χ2v) is 9.77. The first-order valence-corrected chi connectivity index (χ1v) is 11.6. The first-order chi connectivity index (χ1) is 13.2. The molecule has 0 bridgehead atoms. The average Bonchev–Trinajstić information content (AvgIpc) is 2.70. The van der Waals surface area contributed by atoms with Crippen LogP contribution in [0.25, 0.3) is 0 Å². The molecule has 0 spiro atoms. The van der Waals surface area contributed by atoms with Crippen LogP contribution in [0.15, 0.2) is 12.1 Å². The van der Waals surface area contributed by atoms with Gasteiger partial charge in [0.05, 0.1) is 0 Å². The number of hydrogen-bond donors (Lipinski definition) is 0. The third-order valence-corrected chi connectivity index (χ3v) is 8.19. The molecule has 0 aliphatic heterocycles. The van der Waals surface area contributed by atoms with Crippen LogP contribution in [0.5, 0.6) is 0 Å². The van der Waals surface area contributed by atoms with Gasteiger partial charge in [0, 0.05) is 0 Å². The molecule has 0 N–H and O–H groups in total. The summed E-state index contributed by atoms with van der Waals surface area (Å²) in [5.41, 5.74) is 1.74. The number of benzene rings is 1. The number of fused-ring (bicyclic) bond motifs is 2. The van der Waals surface area contributed by atoms with Crippen LogP contribution in [-0.4, -0.2) is 0 Å². The third kappa shape index (κ3) is 4.25. The lowest BCUT2D eigenvalue weighted by Gasteiger charge is -2.45. The van der Waals surface area contributed by atoms with E-state index < -0.39 is 11.6 Å². The Balaban J connectivity index is 1.32. The van der Waals surface area contributed by atoms with Crippen molar-refractivity contribution >= 4 is 0 Å². The van der Waals surface area contributed by atoms with Gasteiger partial charge in [-0.15, -0.1) is 0 Å². The molecule has 4 rings (SSSR count). The Morgan fingerprint density at radius 2 is 1.59 bits per heavy atom. The molecule has 3 aliphatic rings. The summed E-state index contributed by atoms with van der Waals surface area (Å²) in [6.45, 7) is 2.30. The highest BCUT2D eigenvalue weighted by molar-refractivity contribution is 5.32. The van der Waals surface area contributed by atoms with Crippen LogP contribution < -0.4 is 0 Å². The van der Waals surface area contributed by atoms with Gasteiger partial charge in [0.15, 0.2) is 11.6 Å². The van der Waals surface area contributed by atoms with E-state index in [0.717, 1.165) is 48.5 Å². The SMILES string of the molecule is CCCCCC1CCC2CC(C3CCc4c(ccc(F)c4F)C3)CCC2C1. The minimum atomic E-state index is -0.677. The second kappa shape index (κ2) is 8.62. The van der Waals surface area contributed by atoms with Crippen molar-refractivity contribution in [3.63, 3.8) is 0 Å². The molecular weight excluding hydrogens is 338 g/mol. The van der Waals surface area contributed by atoms with Crippen LogP contribution in [0, 0.1) is 41.2 Å². The van der Waals surface area contributed by atoms with E-state index in [4.69, 9.17) is 0 Å². The Bertz CT molecular complexity index is 637. The highest BCUT2D eigenvalue weighted by Crippen LogP contribution is 2.49. The largest absolute Gasteiger partial charge is 0.204 e. The highest BCUT2D eigenvalue weighted by atomic mass is 19.2. The molecule has 27 heavy (non-hydrogen) atoms. The van der Waals surface area contributed by atoms with E-state index in [1.54, 1.807) is 0 Å². The average molecular weight is 375 g/mol. The fraction of sp³-hybridized carbons (Fsp3) is 0.760. The molecule has 1 aromatic carbocycles. The minimum Gasteiger partial charge on any atom is -0.204 e. The first-order valence-electron chi connectivity index (χ1n) is 11.6.